The average Bonchev–Trinajstić information content (AvgIpc) is 3.23. The van der Waals surface area contributed by atoms with Crippen LogP contribution in [0, 0.1) is 0 Å². The predicted molar refractivity (Wildman–Crippen MR) is 96.5 cm³/mol. The first kappa shape index (κ1) is 20.7. The SMILES string of the molecule is CC(C)(C)OC(=O)NC(CC1OCCO1)C(=O)ON1C(=O)c2ccccc2C1=O. The number of hydrogen-bond acceptors (Lipinski definition) is 8. The molecule has 0 aliphatic carbocycles. The van der Waals surface area contributed by atoms with Crippen LogP contribution in [0.1, 0.15) is 47.9 Å². The zero-order valence-electron chi connectivity index (χ0n) is 16.3. The third kappa shape index (κ3) is 4.90. The number of amides is 3. The van der Waals surface area contributed by atoms with Gasteiger partial charge in [0.05, 0.1) is 24.3 Å². The van der Waals surface area contributed by atoms with Crippen molar-refractivity contribution in [2.75, 3.05) is 13.2 Å². The molecule has 3 amide bonds. The van der Waals surface area contributed by atoms with E-state index in [9.17, 15) is 19.2 Å². The van der Waals surface area contributed by atoms with Crippen LogP contribution in [0.4, 0.5) is 4.79 Å². The lowest BCUT2D eigenvalue weighted by Crippen LogP contribution is -2.48. The van der Waals surface area contributed by atoms with Crippen molar-refractivity contribution in [2.24, 2.45) is 0 Å². The number of alkyl carbamates (subject to hydrolysis) is 1. The number of benzene rings is 1. The molecule has 1 atom stereocenters. The van der Waals surface area contributed by atoms with E-state index in [1.807, 2.05) is 0 Å². The zero-order valence-corrected chi connectivity index (χ0v) is 16.3. The first-order valence-corrected chi connectivity index (χ1v) is 9.08. The van der Waals surface area contributed by atoms with Crippen molar-refractivity contribution in [3.8, 4) is 0 Å². The largest absolute Gasteiger partial charge is 0.444 e. The van der Waals surface area contributed by atoms with Crippen molar-refractivity contribution in [1.82, 2.24) is 10.4 Å². The molecule has 1 N–H and O–H groups in total. The van der Waals surface area contributed by atoms with Crippen LogP contribution in [0.15, 0.2) is 24.3 Å². The minimum absolute atomic E-state index is 0.0821. The molecule has 3 rings (SSSR count). The molecule has 156 valence electrons. The Balaban J connectivity index is 1.71. The summed E-state index contributed by atoms with van der Waals surface area (Å²) in [6.45, 7) is 5.69. The van der Waals surface area contributed by atoms with Crippen molar-refractivity contribution in [1.29, 1.82) is 0 Å². The second kappa shape index (κ2) is 8.18. The summed E-state index contributed by atoms with van der Waals surface area (Å²) in [5.41, 5.74) is -0.532. The van der Waals surface area contributed by atoms with Gasteiger partial charge >= 0.3 is 12.1 Å². The highest BCUT2D eigenvalue weighted by Crippen LogP contribution is 2.23. The fourth-order valence-electron chi connectivity index (χ4n) is 2.80. The van der Waals surface area contributed by atoms with Crippen LogP contribution in [-0.2, 0) is 23.8 Å². The molecular weight excluding hydrogens is 384 g/mol. The van der Waals surface area contributed by atoms with Crippen molar-refractivity contribution < 1.29 is 38.2 Å². The standard InChI is InChI=1S/C19H22N2O8/c1-19(2,3)28-18(25)20-13(10-14-26-8-9-27-14)17(24)29-21-15(22)11-6-4-5-7-12(11)16(21)23/h4-7,13-14H,8-10H2,1-3H3,(H,20,25). The zero-order chi connectivity index (χ0) is 21.2. The molecule has 10 heteroatoms. The van der Waals surface area contributed by atoms with Gasteiger partial charge in [0.15, 0.2) is 6.29 Å². The maximum absolute atomic E-state index is 12.7. The van der Waals surface area contributed by atoms with Gasteiger partial charge in [-0.1, -0.05) is 17.2 Å². The molecule has 1 unspecified atom stereocenters. The quantitative estimate of drug-likeness (QED) is 0.729. The summed E-state index contributed by atoms with van der Waals surface area (Å²) >= 11 is 0. The molecule has 1 fully saturated rings. The van der Waals surface area contributed by atoms with Gasteiger partial charge in [-0.2, -0.15) is 0 Å². The van der Waals surface area contributed by atoms with Crippen LogP contribution in [0.3, 0.4) is 0 Å². The molecule has 2 aliphatic rings. The lowest BCUT2D eigenvalue weighted by molar-refractivity contribution is -0.173. The van der Waals surface area contributed by atoms with E-state index in [1.165, 1.54) is 12.1 Å². The Labute approximate surface area is 167 Å². The molecular formula is C19H22N2O8. The van der Waals surface area contributed by atoms with Crippen LogP contribution in [0.2, 0.25) is 0 Å². The van der Waals surface area contributed by atoms with Gasteiger partial charge in [0.25, 0.3) is 11.8 Å². The first-order valence-electron chi connectivity index (χ1n) is 9.08. The second-order valence-electron chi connectivity index (χ2n) is 7.47. The number of carbonyl (C=O) groups is 4. The molecule has 0 aromatic heterocycles. The van der Waals surface area contributed by atoms with Crippen molar-refractivity contribution >= 4 is 23.9 Å². The molecule has 0 spiro atoms. The Kier molecular flexibility index (Phi) is 5.85. The van der Waals surface area contributed by atoms with Gasteiger partial charge < -0.3 is 24.4 Å². The molecule has 2 aliphatic heterocycles. The molecule has 1 aromatic rings. The van der Waals surface area contributed by atoms with Crippen molar-refractivity contribution in [2.45, 2.75) is 45.1 Å². The number of hydroxylamine groups is 2. The van der Waals surface area contributed by atoms with Crippen LogP contribution in [0.25, 0.3) is 0 Å². The van der Waals surface area contributed by atoms with E-state index >= 15 is 0 Å². The lowest BCUT2D eigenvalue weighted by Gasteiger charge is -2.24. The fourth-order valence-corrected chi connectivity index (χ4v) is 2.80. The Morgan fingerprint density at radius 1 is 1.14 bits per heavy atom. The highest BCUT2D eigenvalue weighted by molar-refractivity contribution is 6.20. The monoisotopic (exact) mass is 406 g/mol. The first-order chi connectivity index (χ1) is 13.7. The number of rotatable bonds is 5. The number of carbonyl (C=O) groups excluding carboxylic acids is 4. The highest BCUT2D eigenvalue weighted by atomic mass is 16.7. The molecule has 0 saturated carbocycles. The summed E-state index contributed by atoms with van der Waals surface area (Å²) in [7, 11) is 0. The number of nitrogens with zero attached hydrogens (tertiary/aromatic N) is 1. The second-order valence-corrected chi connectivity index (χ2v) is 7.47. The Bertz CT molecular complexity index is 791. The maximum atomic E-state index is 12.7. The summed E-state index contributed by atoms with van der Waals surface area (Å²) < 4.78 is 15.8. The topological polar surface area (TPSA) is 120 Å². The predicted octanol–water partition coefficient (Wildman–Crippen LogP) is 1.40. The number of imide groups is 1. The maximum Gasteiger partial charge on any atom is 0.408 e. The molecule has 0 radical (unpaired) electrons. The summed E-state index contributed by atoms with van der Waals surface area (Å²) in [4.78, 5) is 54.6. The third-order valence-corrected chi connectivity index (χ3v) is 4.03. The van der Waals surface area contributed by atoms with Crippen molar-refractivity contribution in [3.63, 3.8) is 0 Å². The molecule has 29 heavy (non-hydrogen) atoms. The average molecular weight is 406 g/mol. The minimum atomic E-state index is -1.27. The van der Waals surface area contributed by atoms with Gasteiger partial charge in [0.2, 0.25) is 0 Å². The highest BCUT2D eigenvalue weighted by Gasteiger charge is 2.41. The van der Waals surface area contributed by atoms with E-state index in [4.69, 9.17) is 19.0 Å². The van der Waals surface area contributed by atoms with Crippen molar-refractivity contribution in [3.05, 3.63) is 35.4 Å². The van der Waals surface area contributed by atoms with Crippen LogP contribution in [0.5, 0.6) is 0 Å². The Morgan fingerprint density at radius 2 is 1.69 bits per heavy atom. The van der Waals surface area contributed by atoms with E-state index in [1.54, 1.807) is 32.9 Å². The van der Waals surface area contributed by atoms with Gasteiger partial charge in [-0.25, -0.2) is 9.59 Å². The van der Waals surface area contributed by atoms with E-state index in [0.29, 0.717) is 18.3 Å². The molecule has 1 aromatic carbocycles. The molecule has 2 heterocycles. The van der Waals surface area contributed by atoms with E-state index in [2.05, 4.69) is 5.32 Å². The summed E-state index contributed by atoms with van der Waals surface area (Å²) in [5.74, 6) is -2.55. The van der Waals surface area contributed by atoms with E-state index < -0.39 is 41.8 Å². The van der Waals surface area contributed by atoms with Crippen LogP contribution >= 0.6 is 0 Å². The minimum Gasteiger partial charge on any atom is -0.444 e. The van der Waals surface area contributed by atoms with E-state index in [0.717, 1.165) is 0 Å². The van der Waals surface area contributed by atoms with Gasteiger partial charge in [-0.15, -0.1) is 0 Å². The number of hydrogen-bond donors (Lipinski definition) is 1. The summed E-state index contributed by atoms with van der Waals surface area (Å²) in [6.07, 6.45) is -1.69. The van der Waals surface area contributed by atoms with Gasteiger partial charge in [-0.3, -0.25) is 9.59 Å². The molecule has 1 saturated heterocycles. The van der Waals surface area contributed by atoms with E-state index in [-0.39, 0.29) is 17.5 Å². The molecule has 0 bridgehead atoms. The number of nitrogens with one attached hydrogen (secondary N) is 1. The molecule has 10 nitrogen and oxygen atoms in total. The number of fused-ring (bicyclic) bond motifs is 1. The number of ether oxygens (including phenoxy) is 3. The Morgan fingerprint density at radius 3 is 2.21 bits per heavy atom. The van der Waals surface area contributed by atoms with Crippen LogP contribution < -0.4 is 5.32 Å². The fraction of sp³-hybridized carbons (Fsp3) is 0.474. The normalized spacial score (nSPS) is 17.8. The third-order valence-electron chi connectivity index (χ3n) is 4.03. The summed E-state index contributed by atoms with van der Waals surface area (Å²) in [6, 6.07) is 4.84. The van der Waals surface area contributed by atoms with Gasteiger partial charge in [0, 0.05) is 6.42 Å². The van der Waals surface area contributed by atoms with Crippen LogP contribution in [-0.4, -0.2) is 60.1 Å². The lowest BCUT2D eigenvalue weighted by atomic mass is 10.1. The Hall–Kier alpha value is -2.98. The summed E-state index contributed by atoms with van der Waals surface area (Å²) in [5, 5.41) is 2.76. The van der Waals surface area contributed by atoms with Gasteiger partial charge in [-0.05, 0) is 32.9 Å². The smallest absolute Gasteiger partial charge is 0.408 e. The van der Waals surface area contributed by atoms with Gasteiger partial charge in [0.1, 0.15) is 11.6 Å².